The molecule has 0 aliphatic heterocycles. The predicted octanol–water partition coefficient (Wildman–Crippen LogP) is 2.94. The molecule has 3 aromatic heterocycles. The number of fused-ring (bicyclic) bond motifs is 1. The van der Waals surface area contributed by atoms with Crippen LogP contribution in [-0.4, -0.2) is 15.3 Å². The number of amides is 1. The molecule has 0 spiro atoms. The number of hydrogen-bond donors (Lipinski definition) is 1. The summed E-state index contributed by atoms with van der Waals surface area (Å²) < 4.78 is 7.54. The molecule has 5 nitrogen and oxygen atoms in total. The van der Waals surface area contributed by atoms with Crippen molar-refractivity contribution in [3.63, 3.8) is 0 Å². The number of furan rings is 1. The summed E-state index contributed by atoms with van der Waals surface area (Å²) in [7, 11) is 0. The number of hydrogen-bond acceptors (Lipinski definition) is 3. The van der Waals surface area contributed by atoms with Crippen molar-refractivity contribution in [2.45, 2.75) is 0 Å². The first-order valence-corrected chi connectivity index (χ1v) is 6.02. The van der Waals surface area contributed by atoms with Crippen LogP contribution in [0.3, 0.4) is 0 Å². The molecule has 0 aliphatic rings. The maximum atomic E-state index is 11.9. The molecule has 3 aromatic rings. The van der Waals surface area contributed by atoms with Gasteiger partial charge >= 0.3 is 0 Å². The maximum Gasteiger partial charge on any atom is 0.291 e. The molecule has 3 heterocycles. The fraction of sp³-hybridized carbons (Fsp3) is 0. The van der Waals surface area contributed by atoms with E-state index in [4.69, 9.17) is 4.42 Å². The van der Waals surface area contributed by atoms with Crippen LogP contribution in [0, 0.1) is 0 Å². The van der Waals surface area contributed by atoms with Crippen molar-refractivity contribution in [3.05, 3.63) is 53.3 Å². The summed E-state index contributed by atoms with van der Waals surface area (Å²) in [6.45, 7) is 0. The molecule has 0 aliphatic carbocycles. The smallest absolute Gasteiger partial charge is 0.291 e. The number of carbonyl (C=O) groups excluding carboxylic acids is 1. The molecule has 0 radical (unpaired) electrons. The molecule has 18 heavy (non-hydrogen) atoms. The maximum absolute atomic E-state index is 11.9. The molecule has 0 aromatic carbocycles. The van der Waals surface area contributed by atoms with Crippen molar-refractivity contribution in [1.29, 1.82) is 0 Å². The number of rotatable bonds is 2. The van der Waals surface area contributed by atoms with Crippen LogP contribution >= 0.6 is 15.9 Å². The van der Waals surface area contributed by atoms with Gasteiger partial charge in [-0.2, -0.15) is 0 Å². The van der Waals surface area contributed by atoms with Gasteiger partial charge in [0.2, 0.25) is 0 Å². The average molecular weight is 306 g/mol. The summed E-state index contributed by atoms with van der Waals surface area (Å²) in [6.07, 6.45) is 5.35. The van der Waals surface area contributed by atoms with Gasteiger partial charge in [0.15, 0.2) is 16.1 Å². The average Bonchev–Trinajstić information content (AvgIpc) is 2.97. The molecule has 0 atom stereocenters. The Hall–Kier alpha value is -2.08. The molecule has 1 amide bonds. The van der Waals surface area contributed by atoms with E-state index in [1.165, 1.54) is 0 Å². The van der Waals surface area contributed by atoms with Crippen LogP contribution in [0.1, 0.15) is 10.6 Å². The quantitative estimate of drug-likeness (QED) is 0.792. The van der Waals surface area contributed by atoms with Gasteiger partial charge in [-0.3, -0.25) is 4.79 Å². The van der Waals surface area contributed by atoms with Gasteiger partial charge in [-0.05, 0) is 40.2 Å². The third kappa shape index (κ3) is 1.91. The lowest BCUT2D eigenvalue weighted by Crippen LogP contribution is -2.11. The summed E-state index contributed by atoms with van der Waals surface area (Å²) in [4.78, 5) is 16.1. The fourth-order valence-electron chi connectivity index (χ4n) is 1.67. The normalized spacial score (nSPS) is 10.7. The van der Waals surface area contributed by atoms with E-state index in [1.807, 2.05) is 22.9 Å². The van der Waals surface area contributed by atoms with E-state index < -0.39 is 0 Å². The summed E-state index contributed by atoms with van der Waals surface area (Å²) in [5.74, 6) is -0.0627. The van der Waals surface area contributed by atoms with E-state index in [9.17, 15) is 4.79 Å². The molecule has 0 bridgehead atoms. The zero-order valence-corrected chi connectivity index (χ0v) is 10.7. The van der Waals surface area contributed by atoms with E-state index in [0.717, 1.165) is 0 Å². The van der Waals surface area contributed by atoms with Gasteiger partial charge in [0.1, 0.15) is 0 Å². The SMILES string of the molecule is O=C(Nc1cccn2ccnc12)c1ccc(Br)o1. The van der Waals surface area contributed by atoms with Gasteiger partial charge in [0, 0.05) is 18.6 Å². The Kier molecular flexibility index (Phi) is 2.64. The first-order chi connectivity index (χ1) is 8.74. The molecule has 6 heteroatoms. The van der Waals surface area contributed by atoms with Crippen LogP contribution in [0.4, 0.5) is 5.69 Å². The number of halogens is 1. The summed E-state index contributed by atoms with van der Waals surface area (Å²) in [5, 5.41) is 2.76. The van der Waals surface area contributed by atoms with Crippen molar-refractivity contribution in [1.82, 2.24) is 9.38 Å². The summed E-state index contributed by atoms with van der Waals surface area (Å²) in [5.41, 5.74) is 1.33. The van der Waals surface area contributed by atoms with Crippen LogP contribution in [0.2, 0.25) is 0 Å². The number of pyridine rings is 1. The Balaban J connectivity index is 1.92. The lowest BCUT2D eigenvalue weighted by Gasteiger charge is -2.04. The Labute approximate surface area is 111 Å². The number of nitrogens with one attached hydrogen (secondary N) is 1. The third-order valence-corrected chi connectivity index (χ3v) is 2.89. The minimum Gasteiger partial charge on any atom is -0.444 e. The fourth-order valence-corrected chi connectivity index (χ4v) is 1.97. The lowest BCUT2D eigenvalue weighted by atomic mass is 10.3. The van der Waals surface area contributed by atoms with Crippen molar-refractivity contribution in [2.75, 3.05) is 5.32 Å². The second-order valence-electron chi connectivity index (χ2n) is 3.64. The Morgan fingerprint density at radius 3 is 3.00 bits per heavy atom. The number of imidazole rings is 1. The van der Waals surface area contributed by atoms with E-state index in [-0.39, 0.29) is 11.7 Å². The van der Waals surface area contributed by atoms with Crippen LogP contribution in [0.5, 0.6) is 0 Å². The molecule has 0 saturated carbocycles. The monoisotopic (exact) mass is 305 g/mol. The minimum absolute atomic E-state index is 0.246. The Morgan fingerprint density at radius 1 is 1.33 bits per heavy atom. The highest BCUT2D eigenvalue weighted by Gasteiger charge is 2.12. The van der Waals surface area contributed by atoms with Gasteiger partial charge < -0.3 is 14.1 Å². The molecule has 3 rings (SSSR count). The summed E-state index contributed by atoms with van der Waals surface area (Å²) in [6, 6.07) is 6.90. The Morgan fingerprint density at radius 2 is 2.22 bits per heavy atom. The van der Waals surface area contributed by atoms with Crippen LogP contribution in [0.15, 0.2) is 51.9 Å². The van der Waals surface area contributed by atoms with Gasteiger partial charge in [-0.25, -0.2) is 4.98 Å². The number of carbonyl (C=O) groups is 1. The standard InChI is InChI=1S/C12H8BrN3O2/c13-10-4-3-9(18-10)12(17)15-8-2-1-6-16-7-5-14-11(8)16/h1-7H,(H,15,17). The molecular formula is C12H8BrN3O2. The van der Waals surface area contributed by atoms with Crippen LogP contribution in [-0.2, 0) is 0 Å². The highest BCUT2D eigenvalue weighted by atomic mass is 79.9. The number of anilines is 1. The van der Waals surface area contributed by atoms with Gasteiger partial charge in [0.05, 0.1) is 5.69 Å². The third-order valence-electron chi connectivity index (χ3n) is 2.46. The van der Waals surface area contributed by atoms with Crippen molar-refractivity contribution in [3.8, 4) is 0 Å². The first kappa shape index (κ1) is 11.0. The highest BCUT2D eigenvalue weighted by molar-refractivity contribution is 9.10. The van der Waals surface area contributed by atoms with Gasteiger partial charge in [-0.1, -0.05) is 0 Å². The van der Waals surface area contributed by atoms with E-state index >= 15 is 0 Å². The molecule has 0 unspecified atom stereocenters. The largest absolute Gasteiger partial charge is 0.444 e. The topological polar surface area (TPSA) is 59.5 Å². The van der Waals surface area contributed by atoms with Crippen LogP contribution < -0.4 is 5.32 Å². The molecular weight excluding hydrogens is 298 g/mol. The number of nitrogens with zero attached hydrogens (tertiary/aromatic N) is 2. The van der Waals surface area contributed by atoms with Gasteiger partial charge in [0.25, 0.3) is 5.91 Å². The second kappa shape index (κ2) is 4.30. The van der Waals surface area contributed by atoms with E-state index in [1.54, 1.807) is 24.4 Å². The lowest BCUT2D eigenvalue weighted by molar-refractivity contribution is 0.0995. The van der Waals surface area contributed by atoms with Gasteiger partial charge in [-0.15, -0.1) is 0 Å². The number of aromatic nitrogens is 2. The first-order valence-electron chi connectivity index (χ1n) is 5.22. The van der Waals surface area contributed by atoms with Crippen LogP contribution in [0.25, 0.3) is 5.65 Å². The zero-order valence-electron chi connectivity index (χ0n) is 9.13. The molecule has 0 fully saturated rings. The summed E-state index contributed by atoms with van der Waals surface area (Å²) >= 11 is 3.16. The second-order valence-corrected chi connectivity index (χ2v) is 4.42. The Bertz CT molecular complexity index is 717. The minimum atomic E-state index is -0.309. The van der Waals surface area contributed by atoms with Crippen molar-refractivity contribution < 1.29 is 9.21 Å². The van der Waals surface area contributed by atoms with E-state index in [2.05, 4.69) is 26.2 Å². The zero-order chi connectivity index (χ0) is 12.5. The molecule has 1 N–H and O–H groups in total. The molecule has 0 saturated heterocycles. The predicted molar refractivity (Wildman–Crippen MR) is 69.6 cm³/mol. The van der Waals surface area contributed by atoms with E-state index in [0.29, 0.717) is 16.0 Å². The highest BCUT2D eigenvalue weighted by Crippen LogP contribution is 2.18. The molecule has 90 valence electrons. The van der Waals surface area contributed by atoms with Crippen molar-refractivity contribution in [2.24, 2.45) is 0 Å². The van der Waals surface area contributed by atoms with Crippen molar-refractivity contribution >= 4 is 33.2 Å².